The summed E-state index contributed by atoms with van der Waals surface area (Å²) in [7, 11) is 0. The molecule has 0 spiro atoms. The first kappa shape index (κ1) is 9.52. The SMILES string of the molecule is Cc1cc(F)c(CCS)c(F)c1. The minimum absolute atomic E-state index is 0.135. The van der Waals surface area contributed by atoms with Crippen LogP contribution < -0.4 is 0 Å². The molecule has 0 aliphatic rings. The van der Waals surface area contributed by atoms with Crippen molar-refractivity contribution in [1.82, 2.24) is 0 Å². The first-order chi connectivity index (χ1) is 5.65. The van der Waals surface area contributed by atoms with E-state index in [1.54, 1.807) is 6.92 Å². The van der Waals surface area contributed by atoms with Crippen LogP contribution >= 0.6 is 12.6 Å². The number of hydrogen-bond donors (Lipinski definition) is 1. The molecule has 0 aliphatic heterocycles. The van der Waals surface area contributed by atoms with Crippen molar-refractivity contribution in [1.29, 1.82) is 0 Å². The van der Waals surface area contributed by atoms with Gasteiger partial charge in [0.1, 0.15) is 11.6 Å². The van der Waals surface area contributed by atoms with Crippen molar-refractivity contribution < 1.29 is 8.78 Å². The standard InChI is InChI=1S/C9H10F2S/c1-6-4-8(10)7(2-3-12)9(11)5-6/h4-5,12H,2-3H2,1H3. The van der Waals surface area contributed by atoms with E-state index < -0.39 is 11.6 Å². The van der Waals surface area contributed by atoms with Gasteiger partial charge in [0.25, 0.3) is 0 Å². The molecule has 0 unspecified atom stereocenters. The molecule has 3 heteroatoms. The fraction of sp³-hybridized carbons (Fsp3) is 0.333. The Morgan fingerprint density at radius 1 is 1.25 bits per heavy atom. The summed E-state index contributed by atoms with van der Waals surface area (Å²) in [6, 6.07) is 2.67. The predicted octanol–water partition coefficient (Wildman–Crippen LogP) is 2.75. The molecule has 0 saturated heterocycles. The molecular weight excluding hydrogens is 178 g/mol. The van der Waals surface area contributed by atoms with Crippen LogP contribution in [0.4, 0.5) is 8.78 Å². The molecule has 1 aromatic rings. The monoisotopic (exact) mass is 188 g/mol. The maximum Gasteiger partial charge on any atom is 0.129 e. The van der Waals surface area contributed by atoms with Crippen LogP contribution in [-0.4, -0.2) is 5.75 Å². The van der Waals surface area contributed by atoms with Gasteiger partial charge in [0, 0.05) is 5.56 Å². The molecule has 0 heterocycles. The third-order valence-corrected chi connectivity index (χ3v) is 1.87. The molecule has 0 N–H and O–H groups in total. The van der Waals surface area contributed by atoms with Crippen LogP contribution in [0.2, 0.25) is 0 Å². The fourth-order valence-electron chi connectivity index (χ4n) is 1.08. The highest BCUT2D eigenvalue weighted by molar-refractivity contribution is 7.80. The molecule has 0 aromatic heterocycles. The van der Waals surface area contributed by atoms with Crippen LogP contribution in [0.25, 0.3) is 0 Å². The van der Waals surface area contributed by atoms with Crippen LogP contribution in [0.5, 0.6) is 0 Å². The fourth-order valence-corrected chi connectivity index (χ4v) is 1.30. The van der Waals surface area contributed by atoms with E-state index in [0.717, 1.165) is 0 Å². The van der Waals surface area contributed by atoms with Gasteiger partial charge in [0.15, 0.2) is 0 Å². The lowest BCUT2D eigenvalue weighted by Crippen LogP contribution is -1.97. The molecule has 0 aliphatic carbocycles. The Kier molecular flexibility index (Phi) is 3.09. The maximum atomic E-state index is 13.0. The first-order valence-electron chi connectivity index (χ1n) is 3.70. The average Bonchev–Trinajstić information content (AvgIpc) is 1.96. The molecule has 0 fully saturated rings. The smallest absolute Gasteiger partial charge is 0.129 e. The predicted molar refractivity (Wildman–Crippen MR) is 48.7 cm³/mol. The molecule has 12 heavy (non-hydrogen) atoms. The van der Waals surface area contributed by atoms with E-state index in [0.29, 0.717) is 17.7 Å². The third kappa shape index (κ3) is 1.97. The number of thiol groups is 1. The molecule has 0 saturated carbocycles. The summed E-state index contributed by atoms with van der Waals surface area (Å²) < 4.78 is 26.0. The van der Waals surface area contributed by atoms with Gasteiger partial charge in [-0.2, -0.15) is 12.6 Å². The van der Waals surface area contributed by atoms with Crippen molar-refractivity contribution in [2.45, 2.75) is 13.3 Å². The van der Waals surface area contributed by atoms with Crippen molar-refractivity contribution in [3.05, 3.63) is 34.9 Å². The van der Waals surface area contributed by atoms with E-state index >= 15 is 0 Å². The van der Waals surface area contributed by atoms with Crippen molar-refractivity contribution in [2.75, 3.05) is 5.75 Å². The lowest BCUT2D eigenvalue weighted by molar-refractivity contribution is 0.558. The summed E-state index contributed by atoms with van der Waals surface area (Å²) in [5.74, 6) is -0.486. The first-order valence-corrected chi connectivity index (χ1v) is 4.33. The van der Waals surface area contributed by atoms with Gasteiger partial charge in [-0.05, 0) is 36.8 Å². The van der Waals surface area contributed by atoms with Gasteiger partial charge in [0.2, 0.25) is 0 Å². The topological polar surface area (TPSA) is 0 Å². The number of halogens is 2. The van der Waals surface area contributed by atoms with Gasteiger partial charge in [-0.15, -0.1) is 0 Å². The van der Waals surface area contributed by atoms with Crippen molar-refractivity contribution in [3.63, 3.8) is 0 Å². The number of aryl methyl sites for hydroxylation is 1. The third-order valence-electron chi connectivity index (χ3n) is 1.65. The minimum atomic E-state index is -0.471. The van der Waals surface area contributed by atoms with E-state index in [-0.39, 0.29) is 5.56 Å². The van der Waals surface area contributed by atoms with Gasteiger partial charge in [-0.1, -0.05) is 0 Å². The second-order valence-electron chi connectivity index (χ2n) is 2.68. The second-order valence-corrected chi connectivity index (χ2v) is 3.13. The molecule has 0 amide bonds. The second kappa shape index (κ2) is 3.90. The summed E-state index contributed by atoms with van der Waals surface area (Å²) in [5.41, 5.74) is 0.739. The zero-order valence-corrected chi connectivity index (χ0v) is 7.67. The number of hydrogen-bond acceptors (Lipinski definition) is 1. The molecular formula is C9H10F2S. The largest absolute Gasteiger partial charge is 0.207 e. The highest BCUT2D eigenvalue weighted by atomic mass is 32.1. The summed E-state index contributed by atoms with van der Waals surface area (Å²) in [4.78, 5) is 0. The average molecular weight is 188 g/mol. The van der Waals surface area contributed by atoms with Gasteiger partial charge in [-0.25, -0.2) is 8.78 Å². The maximum absolute atomic E-state index is 13.0. The van der Waals surface area contributed by atoms with Gasteiger partial charge in [-0.3, -0.25) is 0 Å². The summed E-state index contributed by atoms with van der Waals surface area (Å²) in [6.07, 6.45) is 0.334. The van der Waals surface area contributed by atoms with Crippen LogP contribution in [0.1, 0.15) is 11.1 Å². The molecule has 0 atom stereocenters. The molecule has 0 nitrogen and oxygen atoms in total. The zero-order chi connectivity index (χ0) is 9.14. The quantitative estimate of drug-likeness (QED) is 0.678. The Balaban J connectivity index is 3.10. The van der Waals surface area contributed by atoms with Crippen LogP contribution in [0.15, 0.2) is 12.1 Å². The van der Waals surface area contributed by atoms with Gasteiger partial charge < -0.3 is 0 Å². The summed E-state index contributed by atoms with van der Waals surface area (Å²) >= 11 is 3.92. The zero-order valence-electron chi connectivity index (χ0n) is 6.77. The molecule has 0 bridgehead atoms. The highest BCUT2D eigenvalue weighted by Gasteiger charge is 2.08. The highest BCUT2D eigenvalue weighted by Crippen LogP contribution is 2.15. The van der Waals surface area contributed by atoms with E-state index in [1.165, 1.54) is 12.1 Å². The Morgan fingerprint density at radius 3 is 2.17 bits per heavy atom. The van der Waals surface area contributed by atoms with Crippen molar-refractivity contribution in [2.24, 2.45) is 0 Å². The van der Waals surface area contributed by atoms with Gasteiger partial charge in [0.05, 0.1) is 0 Å². The normalized spacial score (nSPS) is 10.3. The van der Waals surface area contributed by atoms with Crippen molar-refractivity contribution >= 4 is 12.6 Å². The Bertz CT molecular complexity index is 261. The van der Waals surface area contributed by atoms with Crippen molar-refractivity contribution in [3.8, 4) is 0 Å². The van der Waals surface area contributed by atoms with Crippen LogP contribution in [0.3, 0.4) is 0 Å². The minimum Gasteiger partial charge on any atom is -0.207 e. The lowest BCUT2D eigenvalue weighted by atomic mass is 10.1. The van der Waals surface area contributed by atoms with Crippen LogP contribution in [0, 0.1) is 18.6 Å². The molecule has 0 radical (unpaired) electrons. The van der Waals surface area contributed by atoms with Gasteiger partial charge >= 0.3 is 0 Å². The van der Waals surface area contributed by atoms with E-state index in [9.17, 15) is 8.78 Å². The number of benzene rings is 1. The number of rotatable bonds is 2. The Labute approximate surface area is 76.0 Å². The Morgan fingerprint density at radius 2 is 1.75 bits per heavy atom. The van der Waals surface area contributed by atoms with E-state index in [4.69, 9.17) is 0 Å². The van der Waals surface area contributed by atoms with E-state index in [1.807, 2.05) is 0 Å². The summed E-state index contributed by atoms with van der Waals surface area (Å²) in [5, 5.41) is 0. The van der Waals surface area contributed by atoms with Crippen LogP contribution in [-0.2, 0) is 6.42 Å². The molecule has 1 aromatic carbocycles. The summed E-state index contributed by atoms with van der Waals surface area (Å²) in [6.45, 7) is 1.66. The molecule has 66 valence electrons. The lowest BCUT2D eigenvalue weighted by Gasteiger charge is -2.03. The Hall–Kier alpha value is -0.570. The molecule has 1 rings (SSSR count). The van der Waals surface area contributed by atoms with E-state index in [2.05, 4.69) is 12.6 Å².